The number of allylic oxidation sites excluding steroid dienone is 5. The first-order chi connectivity index (χ1) is 27.5. The normalized spacial score (nSPS) is 15.6. The molecule has 0 unspecified atom stereocenters. The third-order valence-corrected chi connectivity index (χ3v) is 13.9. The van der Waals surface area contributed by atoms with Crippen LogP contribution in [0.15, 0.2) is 128 Å². The Kier molecular flexibility index (Phi) is 11.2. The molecule has 0 bridgehead atoms. The fourth-order valence-electron chi connectivity index (χ4n) is 7.44. The summed E-state index contributed by atoms with van der Waals surface area (Å²) >= 11 is 1.51. The van der Waals surface area contributed by atoms with Crippen LogP contribution >= 0.6 is 11.8 Å². The van der Waals surface area contributed by atoms with E-state index >= 15 is 0 Å². The molecule has 0 spiro atoms. The highest BCUT2D eigenvalue weighted by Crippen LogP contribution is 2.46. The number of hydrogen-bond donors (Lipinski definition) is 2. The standard InChI is InChI=1S/C41H36N2O11S4/c1-42-37-9-4-3-8-33(37)31(34-17-12-28(22-38(34)42)56(45,46)47)15-10-26-6-5-7-27(41(26)55-21-20-54-25-44)11-16-32-35-18-13-29(57(48,49)50)23-39(35)43(2)40-24-30(58(51,52)53)14-19-36(32)40/h3-4,8-19,22-25H,5-7,20-21H2,1-2H3,(H2-,45,46,47,48,49,50,51,52,53). The zero-order valence-electron chi connectivity index (χ0n) is 31.0. The van der Waals surface area contributed by atoms with Crippen molar-refractivity contribution in [3.05, 3.63) is 130 Å². The first-order valence-corrected chi connectivity index (χ1v) is 23.0. The molecule has 2 heterocycles. The van der Waals surface area contributed by atoms with E-state index in [0.29, 0.717) is 58.7 Å². The van der Waals surface area contributed by atoms with E-state index in [-0.39, 0.29) is 21.3 Å². The summed E-state index contributed by atoms with van der Waals surface area (Å²) in [4.78, 5) is 12.5. The smallest absolute Gasteiger partial charge is 0.294 e. The largest absolute Gasteiger partial charge is 0.744 e. The number of pyridine rings is 1. The highest BCUT2D eigenvalue weighted by atomic mass is 32.2. The molecule has 58 heavy (non-hydrogen) atoms. The Morgan fingerprint density at radius 1 is 0.793 bits per heavy atom. The quantitative estimate of drug-likeness (QED) is 0.0467. The molecule has 4 aromatic carbocycles. The fraction of sp³-hybridized carbons (Fsp3) is 0.171. The lowest BCUT2D eigenvalue weighted by Gasteiger charge is -2.32. The Balaban J connectivity index is 1.39. The van der Waals surface area contributed by atoms with Crippen LogP contribution in [0.1, 0.15) is 36.0 Å². The zero-order chi connectivity index (χ0) is 41.6. The fourth-order valence-corrected chi connectivity index (χ4v) is 10.0. The van der Waals surface area contributed by atoms with Crippen molar-refractivity contribution >= 4 is 93.4 Å². The Labute approximate surface area is 339 Å². The van der Waals surface area contributed by atoms with Crippen molar-refractivity contribution in [3.8, 4) is 0 Å². The van der Waals surface area contributed by atoms with Crippen molar-refractivity contribution in [2.24, 2.45) is 7.05 Å². The lowest BCUT2D eigenvalue weighted by Crippen LogP contribution is -2.30. The molecule has 7 rings (SSSR count). The molecule has 0 saturated heterocycles. The number of rotatable bonds is 11. The van der Waals surface area contributed by atoms with Gasteiger partial charge in [-0.2, -0.15) is 21.4 Å². The topological polar surface area (TPSA) is 199 Å². The van der Waals surface area contributed by atoms with Gasteiger partial charge in [-0.15, -0.1) is 11.8 Å². The van der Waals surface area contributed by atoms with Crippen LogP contribution in [0, 0.1) is 0 Å². The van der Waals surface area contributed by atoms with E-state index in [0.717, 1.165) is 44.3 Å². The van der Waals surface area contributed by atoms with E-state index in [9.17, 15) is 43.7 Å². The summed E-state index contributed by atoms with van der Waals surface area (Å²) in [5, 5.41) is 1.65. The minimum absolute atomic E-state index is 0.164. The molecule has 0 radical (unpaired) electrons. The number of fused-ring (bicyclic) bond motifs is 4. The molecule has 300 valence electrons. The van der Waals surface area contributed by atoms with Crippen molar-refractivity contribution in [1.29, 1.82) is 0 Å². The van der Waals surface area contributed by atoms with Gasteiger partial charge in [-0.3, -0.25) is 13.9 Å². The number of ether oxygens (including phenoxy) is 1. The molecule has 1 aliphatic carbocycles. The van der Waals surface area contributed by atoms with Crippen molar-refractivity contribution in [2.75, 3.05) is 24.3 Å². The predicted molar refractivity (Wildman–Crippen MR) is 221 cm³/mol. The van der Waals surface area contributed by atoms with Gasteiger partial charge >= 0.3 is 0 Å². The van der Waals surface area contributed by atoms with Crippen molar-refractivity contribution in [2.45, 2.75) is 33.9 Å². The minimum atomic E-state index is -4.70. The van der Waals surface area contributed by atoms with Crippen molar-refractivity contribution in [1.82, 2.24) is 0 Å². The van der Waals surface area contributed by atoms with Crippen LogP contribution < -0.4 is 9.47 Å². The van der Waals surface area contributed by atoms with Crippen LogP contribution in [0.5, 0.6) is 0 Å². The Bertz CT molecular complexity index is 2920. The first kappa shape index (κ1) is 41.0. The van der Waals surface area contributed by atoms with Gasteiger partial charge in [0.15, 0.2) is 0 Å². The molecule has 1 aromatic heterocycles. The number of carbonyl (C=O) groups excluding carboxylic acids is 1. The molecule has 1 aliphatic heterocycles. The van der Waals surface area contributed by atoms with Crippen LogP contribution in [0.25, 0.3) is 33.5 Å². The second-order valence-electron chi connectivity index (χ2n) is 13.6. The molecule has 2 N–H and O–H groups in total. The van der Waals surface area contributed by atoms with Crippen LogP contribution in [0.3, 0.4) is 0 Å². The van der Waals surface area contributed by atoms with E-state index < -0.39 is 30.4 Å². The van der Waals surface area contributed by atoms with Crippen LogP contribution in [0.2, 0.25) is 0 Å². The van der Waals surface area contributed by atoms with Crippen LogP contribution in [-0.4, -0.2) is 64.8 Å². The van der Waals surface area contributed by atoms with Crippen molar-refractivity contribution in [3.63, 3.8) is 0 Å². The Hall–Kier alpha value is -5.14. The number of para-hydroxylation sites is 1. The van der Waals surface area contributed by atoms with Gasteiger partial charge in [0.05, 0.1) is 36.8 Å². The molecule has 0 saturated carbocycles. The van der Waals surface area contributed by atoms with Gasteiger partial charge in [-0.05, 0) is 78.4 Å². The third-order valence-electron chi connectivity index (χ3n) is 10.2. The molecule has 13 nitrogen and oxygen atoms in total. The van der Waals surface area contributed by atoms with Gasteiger partial charge in [0.1, 0.15) is 23.8 Å². The maximum absolute atomic E-state index is 12.1. The monoisotopic (exact) mass is 860 g/mol. The van der Waals surface area contributed by atoms with Crippen LogP contribution in [-0.2, 0) is 46.9 Å². The van der Waals surface area contributed by atoms with Gasteiger partial charge in [-0.1, -0.05) is 48.6 Å². The summed E-state index contributed by atoms with van der Waals surface area (Å²) in [6.45, 7) is 0.556. The second kappa shape index (κ2) is 15.9. The number of nitrogens with zero attached hydrogens (tertiary/aromatic N) is 2. The van der Waals surface area contributed by atoms with E-state index in [1.165, 1.54) is 48.2 Å². The number of hydrogen-bond acceptors (Lipinski definition) is 11. The maximum atomic E-state index is 12.1. The summed E-state index contributed by atoms with van der Waals surface area (Å²) in [5.41, 5.74) is 6.76. The summed E-state index contributed by atoms with van der Waals surface area (Å²) in [7, 11) is -10.4. The molecule has 5 aromatic rings. The summed E-state index contributed by atoms with van der Waals surface area (Å²) in [6.07, 6.45) is 10.0. The Morgan fingerprint density at radius 2 is 1.41 bits per heavy atom. The minimum Gasteiger partial charge on any atom is -0.744 e. The summed E-state index contributed by atoms with van der Waals surface area (Å²) < 4.78 is 111. The molecule has 17 heteroatoms. The SMILES string of the molecule is CN1c2cc(S(=O)(=O)O)ccc2C(=C/C=C2\CCCC(/C=C/c3c4ccccc4[n+](C)c4cc(S(=O)(=O)[O-])ccc34)=C2SCCOC=O)c2ccc(S(=O)(=O)O)cc21. The molecule has 0 fully saturated rings. The lowest BCUT2D eigenvalue weighted by molar-refractivity contribution is -0.617. The van der Waals surface area contributed by atoms with Gasteiger partial charge in [0, 0.05) is 46.5 Å². The van der Waals surface area contributed by atoms with E-state index in [2.05, 4.69) is 0 Å². The number of aromatic nitrogens is 1. The van der Waals surface area contributed by atoms with E-state index in [4.69, 9.17) is 4.74 Å². The molecular weight excluding hydrogens is 825 g/mol. The number of carbonyl (C=O) groups is 1. The van der Waals surface area contributed by atoms with Crippen molar-refractivity contribution < 1.29 is 53.0 Å². The van der Waals surface area contributed by atoms with Crippen LogP contribution in [0.4, 0.5) is 11.4 Å². The van der Waals surface area contributed by atoms with Gasteiger partial charge in [-0.25, -0.2) is 8.42 Å². The zero-order valence-corrected chi connectivity index (χ0v) is 34.3. The third kappa shape index (κ3) is 8.11. The molecule has 0 atom stereocenters. The molecule has 2 aliphatic rings. The van der Waals surface area contributed by atoms with E-state index in [1.54, 1.807) is 30.1 Å². The predicted octanol–water partition coefficient (Wildman–Crippen LogP) is 6.71. The number of aryl methyl sites for hydroxylation is 1. The van der Waals surface area contributed by atoms with E-state index in [1.807, 2.05) is 60.2 Å². The number of benzene rings is 4. The number of thioether (sulfide) groups is 1. The average Bonchev–Trinajstić information content (AvgIpc) is 3.18. The lowest BCUT2D eigenvalue weighted by atomic mass is 9.89. The van der Waals surface area contributed by atoms with Gasteiger partial charge in [0.25, 0.3) is 26.7 Å². The summed E-state index contributed by atoms with van der Waals surface area (Å²) in [6, 6.07) is 20.3. The highest BCUT2D eigenvalue weighted by Gasteiger charge is 2.28. The average molecular weight is 861 g/mol. The second-order valence-corrected chi connectivity index (χ2v) is 18.9. The Morgan fingerprint density at radius 3 is 2.03 bits per heavy atom. The first-order valence-electron chi connectivity index (χ1n) is 17.8. The molecular formula is C41H36N2O11S4. The number of anilines is 2. The van der Waals surface area contributed by atoms with Gasteiger partial charge in [0.2, 0.25) is 11.0 Å². The molecule has 0 amide bonds. The maximum Gasteiger partial charge on any atom is 0.294 e. The summed E-state index contributed by atoms with van der Waals surface area (Å²) in [5.74, 6) is 0.450. The van der Waals surface area contributed by atoms with Gasteiger partial charge < -0.3 is 14.2 Å². The highest BCUT2D eigenvalue weighted by molar-refractivity contribution is 8.03.